The first-order valence-electron chi connectivity index (χ1n) is 15.0. The van der Waals surface area contributed by atoms with Crippen molar-refractivity contribution in [3.8, 4) is 23.0 Å². The highest BCUT2D eigenvalue weighted by atomic mass is 16.6. The van der Waals surface area contributed by atoms with Crippen molar-refractivity contribution in [1.82, 2.24) is 0 Å². The molecule has 46 heavy (non-hydrogen) atoms. The summed E-state index contributed by atoms with van der Waals surface area (Å²) >= 11 is 0. The molecule has 8 nitrogen and oxygen atoms in total. The fourth-order valence-corrected chi connectivity index (χ4v) is 6.89. The van der Waals surface area contributed by atoms with Gasteiger partial charge < -0.3 is 27.8 Å². The molecular weight excluding hydrogens is 584 g/mol. The van der Waals surface area contributed by atoms with Gasteiger partial charge in [0.2, 0.25) is 10.9 Å². The summed E-state index contributed by atoms with van der Waals surface area (Å²) in [5.74, 6) is 2.15. The molecule has 0 bridgehead atoms. The highest BCUT2D eigenvalue weighted by Gasteiger charge is 2.30. The number of benzene rings is 6. The Morgan fingerprint density at radius 1 is 0.543 bits per heavy atom. The van der Waals surface area contributed by atoms with E-state index in [1.807, 2.05) is 66.7 Å². The molecule has 2 aliphatic rings. The minimum Gasteiger partial charge on any atom is -0.486 e. The van der Waals surface area contributed by atoms with E-state index in [-0.39, 0.29) is 17.5 Å². The van der Waals surface area contributed by atoms with Crippen LogP contribution in [0.5, 0.6) is 23.0 Å². The molecule has 4 heterocycles. The van der Waals surface area contributed by atoms with Gasteiger partial charge in [0.05, 0.1) is 21.5 Å². The Labute approximate surface area is 258 Å². The van der Waals surface area contributed by atoms with Crippen LogP contribution in [0.4, 0.5) is 0 Å². The van der Waals surface area contributed by atoms with Gasteiger partial charge in [0.25, 0.3) is 0 Å². The molecule has 0 radical (unpaired) electrons. The van der Waals surface area contributed by atoms with E-state index >= 15 is 0 Å². The van der Waals surface area contributed by atoms with Gasteiger partial charge in [-0.3, -0.25) is 9.59 Å². The first-order chi connectivity index (χ1) is 22.6. The van der Waals surface area contributed by atoms with E-state index < -0.39 is 6.10 Å². The van der Waals surface area contributed by atoms with Gasteiger partial charge >= 0.3 is 0 Å². The fourth-order valence-electron chi connectivity index (χ4n) is 6.89. The zero-order chi connectivity index (χ0) is 30.5. The molecule has 1 atom stereocenters. The number of rotatable bonds is 1. The molecule has 10 rings (SSSR count). The van der Waals surface area contributed by atoms with Gasteiger partial charge in [-0.1, -0.05) is 36.4 Å². The van der Waals surface area contributed by atoms with Gasteiger partial charge in [-0.2, -0.15) is 0 Å². The fraction of sp³-hybridized carbons (Fsp3) is 0.105. The third kappa shape index (κ3) is 3.49. The Hall–Kier alpha value is -6.02. The predicted molar refractivity (Wildman–Crippen MR) is 175 cm³/mol. The van der Waals surface area contributed by atoms with E-state index in [1.54, 1.807) is 24.3 Å². The molecule has 0 aliphatic carbocycles. The van der Waals surface area contributed by atoms with Crippen LogP contribution in [0.15, 0.2) is 109 Å². The maximum absolute atomic E-state index is 14.2. The molecule has 2 aromatic heterocycles. The summed E-state index contributed by atoms with van der Waals surface area (Å²) in [6.45, 7) is 0.989. The lowest BCUT2D eigenvalue weighted by molar-refractivity contribution is 0.0921. The molecule has 8 aromatic rings. The van der Waals surface area contributed by atoms with Gasteiger partial charge in [0.1, 0.15) is 42.2 Å². The Kier molecular flexibility index (Phi) is 5.09. The minimum absolute atomic E-state index is 0.112. The van der Waals surface area contributed by atoms with Crippen LogP contribution in [0.3, 0.4) is 0 Å². The first kappa shape index (κ1) is 25.3. The molecule has 0 spiro atoms. The summed E-state index contributed by atoms with van der Waals surface area (Å²) in [5.41, 5.74) is 2.28. The predicted octanol–water partition coefficient (Wildman–Crippen LogP) is 7.80. The van der Waals surface area contributed by atoms with Crippen LogP contribution in [0, 0.1) is 0 Å². The molecular formula is C38H22O8. The van der Waals surface area contributed by atoms with Crippen molar-refractivity contribution < 1.29 is 27.8 Å². The average molecular weight is 607 g/mol. The van der Waals surface area contributed by atoms with Crippen molar-refractivity contribution in [1.29, 1.82) is 0 Å². The maximum Gasteiger partial charge on any atom is 0.201 e. The third-order valence-corrected chi connectivity index (χ3v) is 8.99. The summed E-state index contributed by atoms with van der Waals surface area (Å²) in [6.07, 6.45) is -0.624. The number of fused-ring (bicyclic) bond motifs is 11. The van der Waals surface area contributed by atoms with Crippen molar-refractivity contribution in [2.75, 3.05) is 19.8 Å². The van der Waals surface area contributed by atoms with Crippen LogP contribution in [0.1, 0.15) is 11.7 Å². The zero-order valence-corrected chi connectivity index (χ0v) is 24.1. The van der Waals surface area contributed by atoms with Gasteiger partial charge in [-0.05, 0) is 65.4 Å². The SMILES string of the molecule is O=c1c2ccccc2oc2ccc3cc4c(cc3c12)OC(c1cc2ccc3c(c2c2c(=O)c5ccccc5oc12)OCCO3)CO4. The highest BCUT2D eigenvalue weighted by molar-refractivity contribution is 6.13. The Morgan fingerprint density at radius 2 is 1.28 bits per heavy atom. The van der Waals surface area contributed by atoms with E-state index in [1.165, 1.54) is 0 Å². The topological polar surface area (TPSA) is 97.3 Å². The van der Waals surface area contributed by atoms with Crippen molar-refractivity contribution >= 4 is 65.4 Å². The minimum atomic E-state index is -0.624. The van der Waals surface area contributed by atoms with Crippen LogP contribution in [-0.4, -0.2) is 19.8 Å². The molecule has 6 aromatic carbocycles. The zero-order valence-electron chi connectivity index (χ0n) is 24.1. The van der Waals surface area contributed by atoms with Gasteiger partial charge in [-0.15, -0.1) is 0 Å². The molecule has 0 saturated carbocycles. The normalized spacial score (nSPS) is 15.8. The maximum atomic E-state index is 14.2. The summed E-state index contributed by atoms with van der Waals surface area (Å²) < 4.78 is 37.5. The second kappa shape index (κ2) is 9.25. The number of hydrogen-bond donors (Lipinski definition) is 0. The van der Waals surface area contributed by atoms with Crippen LogP contribution >= 0.6 is 0 Å². The van der Waals surface area contributed by atoms with E-state index in [0.717, 1.165) is 10.8 Å². The van der Waals surface area contributed by atoms with Crippen LogP contribution in [-0.2, 0) is 0 Å². The van der Waals surface area contributed by atoms with Crippen LogP contribution < -0.4 is 29.8 Å². The monoisotopic (exact) mass is 606 g/mol. The number of para-hydroxylation sites is 2. The summed E-state index contributed by atoms with van der Waals surface area (Å²) in [7, 11) is 0. The van der Waals surface area contributed by atoms with E-state index in [9.17, 15) is 9.59 Å². The van der Waals surface area contributed by atoms with Crippen molar-refractivity contribution in [3.63, 3.8) is 0 Å². The van der Waals surface area contributed by atoms with Crippen molar-refractivity contribution in [2.24, 2.45) is 0 Å². The largest absolute Gasteiger partial charge is 0.486 e. The molecule has 8 heteroatoms. The molecule has 222 valence electrons. The third-order valence-electron chi connectivity index (χ3n) is 8.99. The number of hydrogen-bond acceptors (Lipinski definition) is 8. The smallest absolute Gasteiger partial charge is 0.201 e. The van der Waals surface area contributed by atoms with Gasteiger partial charge in [0, 0.05) is 16.3 Å². The van der Waals surface area contributed by atoms with E-state index in [4.69, 9.17) is 27.8 Å². The van der Waals surface area contributed by atoms with E-state index in [2.05, 4.69) is 0 Å². The first-order valence-corrected chi connectivity index (χ1v) is 15.0. The Morgan fingerprint density at radius 3 is 2.13 bits per heavy atom. The molecule has 1 unspecified atom stereocenters. The Balaban J connectivity index is 1.20. The molecule has 0 amide bonds. The molecule has 0 saturated heterocycles. The highest BCUT2D eigenvalue weighted by Crippen LogP contribution is 2.46. The molecule has 0 N–H and O–H groups in total. The summed E-state index contributed by atoms with van der Waals surface area (Å²) in [5, 5.41) is 4.82. The molecule has 0 fully saturated rings. The van der Waals surface area contributed by atoms with Gasteiger partial charge in [0.15, 0.2) is 29.1 Å². The van der Waals surface area contributed by atoms with Crippen molar-refractivity contribution in [3.05, 3.63) is 117 Å². The van der Waals surface area contributed by atoms with Crippen molar-refractivity contribution in [2.45, 2.75) is 6.10 Å². The quantitative estimate of drug-likeness (QED) is 0.138. The summed E-state index contributed by atoms with van der Waals surface area (Å²) in [6, 6.07) is 27.6. The lowest BCUT2D eigenvalue weighted by atomic mass is 9.96. The van der Waals surface area contributed by atoms with Crippen LogP contribution in [0.2, 0.25) is 0 Å². The standard InChI is InChI=1S/C38H22O8/c39-35-21-5-1-3-7-25(21)44-27-11-9-19-16-29-30(17-23(19)33(27)35)45-31(18-43-29)24-15-20-10-12-28-38(42-14-13-41-28)32(20)34-36(40)22-6-2-4-8-26(22)46-37(24)34/h1-12,15-17,31H,13-14,18H2. The lowest BCUT2D eigenvalue weighted by Gasteiger charge is -2.28. The second-order valence-electron chi connectivity index (χ2n) is 11.6. The summed E-state index contributed by atoms with van der Waals surface area (Å²) in [4.78, 5) is 27.8. The Bertz CT molecular complexity index is 2740. The number of ether oxygens (including phenoxy) is 4. The average Bonchev–Trinajstić information content (AvgIpc) is 3.10. The van der Waals surface area contributed by atoms with E-state index in [0.29, 0.717) is 96.4 Å². The van der Waals surface area contributed by atoms with Crippen LogP contribution in [0.25, 0.3) is 65.4 Å². The van der Waals surface area contributed by atoms with Gasteiger partial charge in [-0.25, -0.2) is 0 Å². The second-order valence-corrected chi connectivity index (χ2v) is 11.6. The molecule has 2 aliphatic heterocycles. The lowest BCUT2D eigenvalue weighted by Crippen LogP contribution is -2.22.